The van der Waals surface area contributed by atoms with E-state index < -0.39 is 5.82 Å². The second kappa shape index (κ2) is 11.8. The first-order chi connectivity index (χ1) is 24.3. The standard InChI is InChI=1S/C38H33Cl2FN8O/c1-19-26-15-31(30-14-24(48-11-9-23(16-43)46-48)18-47(30)38(50)20-7-8-20)49(36-22-13-29(36)44-17-22)37(26)27-12-21(4-3-10-42)32(34(41)35(27)45-19)25-5-2-6-28(39)33(25)40/h2,5-6,9,11-12,15,20,22,24,29-30,36,44H,3-4,7-8,13-14,17-18H2,1H3. The molecule has 5 atom stereocenters. The van der Waals surface area contributed by atoms with E-state index in [1.807, 2.05) is 28.8 Å². The molecular weight excluding hydrogens is 674 g/mol. The minimum Gasteiger partial charge on any atom is -0.337 e. The summed E-state index contributed by atoms with van der Waals surface area (Å²) in [6.07, 6.45) is 5.84. The van der Waals surface area contributed by atoms with Crippen LogP contribution in [0.5, 0.6) is 0 Å². The van der Waals surface area contributed by atoms with Crippen LogP contribution in [0.25, 0.3) is 32.9 Å². The van der Waals surface area contributed by atoms with Crippen LogP contribution in [0.3, 0.4) is 0 Å². The van der Waals surface area contributed by atoms with Gasteiger partial charge in [0.2, 0.25) is 5.91 Å². The number of nitrogens with one attached hydrogen (secondary N) is 1. The predicted octanol–water partition coefficient (Wildman–Crippen LogP) is 7.59. The normalized spacial score (nSPS) is 24.1. The molecule has 1 N–H and O–H groups in total. The van der Waals surface area contributed by atoms with Crippen LogP contribution in [-0.2, 0) is 11.2 Å². The van der Waals surface area contributed by atoms with Crippen LogP contribution in [0.1, 0.15) is 72.9 Å². The molecule has 6 heterocycles. The average molecular weight is 708 g/mol. The van der Waals surface area contributed by atoms with Gasteiger partial charge in [-0.3, -0.25) is 9.48 Å². The molecule has 3 saturated heterocycles. The Bertz CT molecular complexity index is 2320. The molecule has 1 amide bonds. The van der Waals surface area contributed by atoms with E-state index in [0.29, 0.717) is 63.8 Å². The molecule has 2 bridgehead atoms. The first-order valence-electron chi connectivity index (χ1n) is 17.2. The minimum absolute atomic E-state index is 0.0284. The van der Waals surface area contributed by atoms with E-state index in [0.717, 1.165) is 42.4 Å². The summed E-state index contributed by atoms with van der Waals surface area (Å²) in [5, 5.41) is 29.4. The Kier molecular flexibility index (Phi) is 7.44. The highest BCUT2D eigenvalue weighted by molar-refractivity contribution is 6.43. The van der Waals surface area contributed by atoms with Crippen molar-refractivity contribution in [3.63, 3.8) is 0 Å². The number of likely N-dealkylation sites (tertiary alicyclic amines) is 1. The molecule has 12 heteroatoms. The van der Waals surface area contributed by atoms with Gasteiger partial charge in [0.25, 0.3) is 0 Å². The number of nitrogens with zero attached hydrogens (tertiary/aromatic N) is 7. The molecule has 5 unspecified atom stereocenters. The van der Waals surface area contributed by atoms with Gasteiger partial charge in [-0.05, 0) is 74.8 Å². The molecule has 5 aliphatic rings. The van der Waals surface area contributed by atoms with Crippen LogP contribution in [0.2, 0.25) is 10.0 Å². The summed E-state index contributed by atoms with van der Waals surface area (Å²) in [7, 11) is 0. The topological polar surface area (TPSA) is 116 Å². The fraction of sp³-hybridized carbons (Fsp3) is 0.395. The molecular formula is C38H33Cl2FN8O. The summed E-state index contributed by atoms with van der Waals surface area (Å²) >= 11 is 13.1. The molecule has 252 valence electrons. The maximum Gasteiger partial charge on any atom is 0.226 e. The lowest BCUT2D eigenvalue weighted by atomic mass is 9.79. The Hall–Kier alpha value is -4.48. The third-order valence-electron chi connectivity index (χ3n) is 11.4. The molecule has 2 aliphatic carbocycles. The van der Waals surface area contributed by atoms with Crippen molar-refractivity contribution in [2.45, 2.75) is 69.6 Å². The number of amides is 1. The summed E-state index contributed by atoms with van der Waals surface area (Å²) in [5.41, 5.74) is 4.64. The van der Waals surface area contributed by atoms with Gasteiger partial charge in [-0.2, -0.15) is 15.6 Å². The van der Waals surface area contributed by atoms with Crippen molar-refractivity contribution < 1.29 is 9.18 Å². The van der Waals surface area contributed by atoms with Crippen LogP contribution in [-0.4, -0.2) is 49.3 Å². The van der Waals surface area contributed by atoms with Crippen molar-refractivity contribution in [2.24, 2.45) is 11.8 Å². The third kappa shape index (κ3) is 4.76. The van der Waals surface area contributed by atoms with E-state index in [2.05, 4.69) is 33.2 Å². The largest absolute Gasteiger partial charge is 0.337 e. The number of pyridine rings is 1. The molecule has 3 aliphatic heterocycles. The van der Waals surface area contributed by atoms with Crippen molar-refractivity contribution in [1.82, 2.24) is 29.5 Å². The van der Waals surface area contributed by atoms with E-state index in [9.17, 15) is 15.3 Å². The highest BCUT2D eigenvalue weighted by atomic mass is 35.5. The van der Waals surface area contributed by atoms with Crippen LogP contribution in [0.15, 0.2) is 42.6 Å². The molecule has 3 aromatic heterocycles. The zero-order chi connectivity index (χ0) is 34.4. The number of halogens is 3. The fourth-order valence-electron chi connectivity index (χ4n) is 8.79. The maximum absolute atomic E-state index is 17.1. The van der Waals surface area contributed by atoms with Crippen molar-refractivity contribution in [3.8, 4) is 23.3 Å². The van der Waals surface area contributed by atoms with Crippen molar-refractivity contribution >= 4 is 50.9 Å². The van der Waals surface area contributed by atoms with Gasteiger partial charge in [-0.25, -0.2) is 9.37 Å². The van der Waals surface area contributed by atoms with Crippen molar-refractivity contribution in [3.05, 3.63) is 81.1 Å². The molecule has 2 aromatic carbocycles. The lowest BCUT2D eigenvalue weighted by Gasteiger charge is -2.39. The number of hydrogen-bond donors (Lipinski definition) is 1. The van der Waals surface area contributed by atoms with Gasteiger partial charge in [0, 0.05) is 71.0 Å². The van der Waals surface area contributed by atoms with Gasteiger partial charge < -0.3 is 14.8 Å². The predicted molar refractivity (Wildman–Crippen MR) is 188 cm³/mol. The van der Waals surface area contributed by atoms with Crippen molar-refractivity contribution in [1.29, 1.82) is 10.5 Å². The zero-order valence-corrected chi connectivity index (χ0v) is 28.8. The third-order valence-corrected chi connectivity index (χ3v) is 12.2. The number of rotatable bonds is 7. The number of aromatic nitrogens is 4. The first-order valence-corrected chi connectivity index (χ1v) is 18.0. The van der Waals surface area contributed by atoms with Gasteiger partial charge in [0.1, 0.15) is 11.6 Å². The molecule has 10 rings (SSSR count). The van der Waals surface area contributed by atoms with E-state index >= 15 is 4.39 Å². The number of carbonyl (C=O) groups is 1. The highest BCUT2D eigenvalue weighted by Gasteiger charge is 2.51. The molecule has 50 heavy (non-hydrogen) atoms. The number of aryl methyl sites for hydroxylation is 2. The Morgan fingerprint density at radius 1 is 1.14 bits per heavy atom. The number of hydrogen-bond acceptors (Lipinski definition) is 6. The molecule has 2 saturated carbocycles. The van der Waals surface area contributed by atoms with Crippen LogP contribution >= 0.6 is 23.2 Å². The Balaban J connectivity index is 1.29. The number of fused-ring (bicyclic) bond motifs is 4. The summed E-state index contributed by atoms with van der Waals surface area (Å²) in [5.74, 6) is 0.0939. The Morgan fingerprint density at radius 3 is 2.68 bits per heavy atom. The fourth-order valence-corrected chi connectivity index (χ4v) is 9.19. The molecule has 5 aromatic rings. The van der Waals surface area contributed by atoms with Gasteiger partial charge >= 0.3 is 0 Å². The lowest BCUT2D eigenvalue weighted by Crippen LogP contribution is -2.41. The first kappa shape index (κ1) is 31.5. The molecule has 0 radical (unpaired) electrons. The van der Waals surface area contributed by atoms with Gasteiger partial charge in [-0.1, -0.05) is 35.3 Å². The zero-order valence-electron chi connectivity index (χ0n) is 27.3. The highest BCUT2D eigenvalue weighted by Crippen LogP contribution is 2.52. The maximum atomic E-state index is 17.1. The van der Waals surface area contributed by atoms with Crippen molar-refractivity contribution in [2.75, 3.05) is 13.1 Å². The summed E-state index contributed by atoms with van der Waals surface area (Å²) in [6, 6.07) is 15.4. The Labute approximate surface area is 298 Å². The monoisotopic (exact) mass is 706 g/mol. The molecule has 0 spiro atoms. The average Bonchev–Trinajstić information content (AvgIpc) is 3.60. The van der Waals surface area contributed by atoms with E-state index in [1.165, 1.54) is 0 Å². The van der Waals surface area contributed by atoms with E-state index in [-0.39, 0.29) is 53.0 Å². The summed E-state index contributed by atoms with van der Waals surface area (Å²) < 4.78 is 21.4. The minimum atomic E-state index is -0.493. The van der Waals surface area contributed by atoms with Gasteiger partial charge in [0.15, 0.2) is 11.5 Å². The summed E-state index contributed by atoms with van der Waals surface area (Å²) in [4.78, 5) is 20.9. The smallest absolute Gasteiger partial charge is 0.226 e. The number of nitriles is 2. The number of benzene rings is 2. The quantitative estimate of drug-likeness (QED) is 0.186. The van der Waals surface area contributed by atoms with Crippen LogP contribution in [0.4, 0.5) is 4.39 Å². The van der Waals surface area contributed by atoms with E-state index in [1.54, 1.807) is 24.3 Å². The second-order valence-electron chi connectivity index (χ2n) is 14.2. The molecule has 5 fully saturated rings. The van der Waals surface area contributed by atoms with E-state index in [4.69, 9.17) is 28.2 Å². The van der Waals surface area contributed by atoms with Gasteiger partial charge in [-0.15, -0.1) is 0 Å². The SMILES string of the molecule is Cc1nc2c(F)c(-c3cccc(Cl)c3Cl)c(CCC#N)cc2c2c1cc(C1CC(n3ccc(C#N)n3)CN1C(=O)C1CC1)n2C1C2CNC1C2. The second-order valence-corrected chi connectivity index (χ2v) is 15.0. The Morgan fingerprint density at radius 2 is 1.98 bits per heavy atom. The van der Waals surface area contributed by atoms with Crippen LogP contribution < -0.4 is 5.32 Å². The van der Waals surface area contributed by atoms with Gasteiger partial charge in [0.05, 0.1) is 39.8 Å². The number of carbonyl (C=O) groups excluding carboxylic acids is 1. The summed E-state index contributed by atoms with van der Waals surface area (Å²) in [6.45, 7) is 3.31. The lowest BCUT2D eigenvalue weighted by molar-refractivity contribution is -0.133. The van der Waals surface area contributed by atoms with Crippen LogP contribution in [0, 0.1) is 47.2 Å². The molecule has 9 nitrogen and oxygen atoms in total.